The van der Waals surface area contributed by atoms with Crippen LogP contribution in [-0.4, -0.2) is 5.91 Å². The van der Waals surface area contributed by atoms with Crippen molar-refractivity contribution in [2.45, 2.75) is 6.42 Å². The van der Waals surface area contributed by atoms with Gasteiger partial charge in [-0.05, 0) is 6.07 Å². The summed E-state index contributed by atoms with van der Waals surface area (Å²) in [5, 5.41) is 0. The van der Waals surface area contributed by atoms with Crippen LogP contribution in [0.3, 0.4) is 0 Å². The molecule has 15 heavy (non-hydrogen) atoms. The van der Waals surface area contributed by atoms with Gasteiger partial charge in [0.2, 0.25) is 5.91 Å². The fraction of sp³-hybridized carbons (Fsp3) is 0.100. The number of carbonyl (C=O) groups excluding carboxylic acids is 1. The molecule has 0 fully saturated rings. The second-order valence-corrected chi connectivity index (χ2v) is 2.80. The molecular weight excluding hydrogens is 202 g/mol. The smallest absolute Gasteiger partial charge is 0.229 e. The Kier molecular flexibility index (Phi) is 3.24. The van der Waals surface area contributed by atoms with Crippen LogP contribution in [0, 0.1) is 23.5 Å². The van der Waals surface area contributed by atoms with E-state index in [1.807, 2.05) is 0 Å². The van der Waals surface area contributed by atoms with Crippen LogP contribution >= 0.6 is 0 Å². The lowest BCUT2D eigenvalue weighted by atomic mass is 10.2. The SMILES string of the molecule is NC(=O)CC#Cc1cc(F)c(N)cc1F. The van der Waals surface area contributed by atoms with E-state index >= 15 is 0 Å². The number of benzene rings is 1. The lowest BCUT2D eigenvalue weighted by Crippen LogP contribution is -2.08. The predicted octanol–water partition coefficient (Wildman–Crippen LogP) is 0.774. The Morgan fingerprint density at radius 1 is 1.33 bits per heavy atom. The molecule has 1 amide bonds. The summed E-state index contributed by atoms with van der Waals surface area (Å²) in [5.74, 6) is 2.50. The highest BCUT2D eigenvalue weighted by Gasteiger charge is 2.05. The molecule has 4 N–H and O–H groups in total. The third-order valence-corrected chi connectivity index (χ3v) is 1.57. The van der Waals surface area contributed by atoms with Crippen LogP contribution in [0.15, 0.2) is 12.1 Å². The molecular formula is C10H8F2N2O. The summed E-state index contributed by atoms with van der Waals surface area (Å²) in [7, 11) is 0. The van der Waals surface area contributed by atoms with Crippen LogP contribution in [0.2, 0.25) is 0 Å². The number of rotatable bonds is 1. The minimum absolute atomic E-state index is 0.150. The summed E-state index contributed by atoms with van der Waals surface area (Å²) in [6.07, 6.45) is -0.203. The van der Waals surface area contributed by atoms with Crippen LogP contribution < -0.4 is 11.5 Å². The summed E-state index contributed by atoms with van der Waals surface area (Å²) in [4.78, 5) is 10.3. The molecule has 0 saturated heterocycles. The summed E-state index contributed by atoms with van der Waals surface area (Å²) < 4.78 is 26.0. The quantitative estimate of drug-likeness (QED) is 0.531. The van der Waals surface area contributed by atoms with E-state index in [0.717, 1.165) is 12.1 Å². The Morgan fingerprint density at radius 3 is 2.60 bits per heavy atom. The van der Waals surface area contributed by atoms with E-state index in [0.29, 0.717) is 0 Å². The Labute approximate surface area is 85.1 Å². The van der Waals surface area contributed by atoms with E-state index in [1.54, 1.807) is 0 Å². The zero-order chi connectivity index (χ0) is 11.4. The molecule has 0 aliphatic carbocycles. The van der Waals surface area contributed by atoms with Gasteiger partial charge in [0.05, 0.1) is 17.7 Å². The van der Waals surface area contributed by atoms with Gasteiger partial charge in [-0.25, -0.2) is 8.78 Å². The summed E-state index contributed by atoms with van der Waals surface area (Å²) in [6, 6.07) is 1.71. The molecule has 0 atom stereocenters. The Hall–Kier alpha value is -2.09. The van der Waals surface area contributed by atoms with Gasteiger partial charge in [-0.2, -0.15) is 0 Å². The number of anilines is 1. The molecule has 0 spiro atoms. The molecule has 5 heteroatoms. The second-order valence-electron chi connectivity index (χ2n) is 2.80. The first-order chi connectivity index (χ1) is 7.00. The van der Waals surface area contributed by atoms with Crippen molar-refractivity contribution in [3.8, 4) is 11.8 Å². The summed E-state index contributed by atoms with van der Waals surface area (Å²) in [6.45, 7) is 0. The lowest BCUT2D eigenvalue weighted by molar-refractivity contribution is -0.117. The fourth-order valence-electron chi connectivity index (χ4n) is 0.885. The van der Waals surface area contributed by atoms with Gasteiger partial charge in [0.15, 0.2) is 0 Å². The predicted molar refractivity (Wildman–Crippen MR) is 51.5 cm³/mol. The van der Waals surface area contributed by atoms with Crippen molar-refractivity contribution in [1.82, 2.24) is 0 Å². The Morgan fingerprint density at radius 2 is 2.00 bits per heavy atom. The Balaban J connectivity index is 2.98. The van der Waals surface area contributed by atoms with Crippen molar-refractivity contribution in [3.63, 3.8) is 0 Å². The maximum Gasteiger partial charge on any atom is 0.229 e. The molecule has 78 valence electrons. The average Bonchev–Trinajstić information content (AvgIpc) is 2.13. The van der Waals surface area contributed by atoms with E-state index in [4.69, 9.17) is 11.5 Å². The van der Waals surface area contributed by atoms with Crippen molar-refractivity contribution in [3.05, 3.63) is 29.3 Å². The lowest BCUT2D eigenvalue weighted by Gasteiger charge is -1.98. The number of nitrogens with two attached hydrogens (primary N) is 2. The highest BCUT2D eigenvalue weighted by atomic mass is 19.1. The number of carbonyl (C=O) groups is 1. The van der Waals surface area contributed by atoms with Gasteiger partial charge < -0.3 is 11.5 Å². The van der Waals surface area contributed by atoms with Crippen LogP contribution in [0.5, 0.6) is 0 Å². The number of nitrogen functional groups attached to an aromatic ring is 1. The zero-order valence-corrected chi connectivity index (χ0v) is 7.68. The second kappa shape index (κ2) is 4.42. The van der Waals surface area contributed by atoms with Crippen LogP contribution in [0.25, 0.3) is 0 Å². The number of hydrogen-bond donors (Lipinski definition) is 2. The van der Waals surface area contributed by atoms with Gasteiger partial charge >= 0.3 is 0 Å². The third kappa shape index (κ3) is 2.95. The van der Waals surface area contributed by atoms with Gasteiger partial charge in [-0.15, -0.1) is 0 Å². The first-order valence-electron chi connectivity index (χ1n) is 4.02. The molecule has 1 aromatic rings. The van der Waals surface area contributed by atoms with E-state index in [1.165, 1.54) is 0 Å². The van der Waals surface area contributed by atoms with Crippen molar-refractivity contribution in [2.75, 3.05) is 5.73 Å². The average molecular weight is 210 g/mol. The number of halogens is 2. The summed E-state index contributed by atoms with van der Waals surface area (Å²) >= 11 is 0. The molecule has 0 saturated carbocycles. The number of primary amides is 1. The first kappa shape index (κ1) is 11.0. The molecule has 0 radical (unpaired) electrons. The van der Waals surface area contributed by atoms with E-state index in [-0.39, 0.29) is 17.7 Å². The fourth-order valence-corrected chi connectivity index (χ4v) is 0.885. The van der Waals surface area contributed by atoms with E-state index in [2.05, 4.69) is 11.8 Å². The molecule has 0 bridgehead atoms. The zero-order valence-electron chi connectivity index (χ0n) is 7.68. The van der Waals surface area contributed by atoms with Crippen molar-refractivity contribution in [2.24, 2.45) is 5.73 Å². The normalized spacial score (nSPS) is 9.20. The van der Waals surface area contributed by atoms with Gasteiger partial charge in [-0.1, -0.05) is 11.8 Å². The maximum atomic E-state index is 13.1. The van der Waals surface area contributed by atoms with Crippen molar-refractivity contribution >= 4 is 11.6 Å². The highest BCUT2D eigenvalue weighted by Crippen LogP contribution is 2.15. The minimum atomic E-state index is -0.750. The molecule has 0 aliphatic heterocycles. The number of amides is 1. The van der Waals surface area contributed by atoms with Gasteiger partial charge in [0.1, 0.15) is 11.6 Å². The van der Waals surface area contributed by atoms with E-state index < -0.39 is 17.5 Å². The van der Waals surface area contributed by atoms with Gasteiger partial charge in [0.25, 0.3) is 0 Å². The van der Waals surface area contributed by atoms with Crippen LogP contribution in [0.4, 0.5) is 14.5 Å². The van der Waals surface area contributed by atoms with E-state index in [9.17, 15) is 13.6 Å². The molecule has 1 aromatic carbocycles. The monoisotopic (exact) mass is 210 g/mol. The molecule has 3 nitrogen and oxygen atoms in total. The van der Waals surface area contributed by atoms with Gasteiger partial charge in [0, 0.05) is 6.07 Å². The molecule has 1 rings (SSSR count). The van der Waals surface area contributed by atoms with Crippen molar-refractivity contribution < 1.29 is 13.6 Å². The largest absolute Gasteiger partial charge is 0.396 e. The van der Waals surface area contributed by atoms with Gasteiger partial charge in [-0.3, -0.25) is 4.79 Å². The van der Waals surface area contributed by atoms with Crippen LogP contribution in [0.1, 0.15) is 12.0 Å². The third-order valence-electron chi connectivity index (χ3n) is 1.57. The first-order valence-corrected chi connectivity index (χ1v) is 4.02. The standard InChI is InChI=1S/C10H8F2N2O/c11-7-5-9(13)8(12)4-6(7)2-1-3-10(14)15/h4-5H,3,13H2,(H2,14,15). The Bertz CT molecular complexity index is 460. The highest BCUT2D eigenvalue weighted by molar-refractivity contribution is 5.76. The summed E-state index contributed by atoms with van der Waals surface area (Å²) in [5.41, 5.74) is 9.51. The van der Waals surface area contributed by atoms with Crippen LogP contribution in [-0.2, 0) is 4.79 Å². The topological polar surface area (TPSA) is 69.1 Å². The minimum Gasteiger partial charge on any atom is -0.396 e. The van der Waals surface area contributed by atoms with Crippen molar-refractivity contribution in [1.29, 1.82) is 0 Å². The number of hydrogen-bond acceptors (Lipinski definition) is 2. The maximum absolute atomic E-state index is 13.1. The molecule has 0 heterocycles. The molecule has 0 aromatic heterocycles. The molecule has 0 aliphatic rings. The molecule has 0 unspecified atom stereocenters.